The molecule has 5 heterocycles. The summed E-state index contributed by atoms with van der Waals surface area (Å²) in [6, 6.07) is 94.6. The highest BCUT2D eigenvalue weighted by Crippen LogP contribution is 2.55. The van der Waals surface area contributed by atoms with Crippen LogP contribution >= 0.6 is 11.8 Å². The number of hydrogen-bond donors (Lipinski definition) is 0. The maximum Gasteiger partial charge on any atom is 0.252 e. The van der Waals surface area contributed by atoms with Crippen molar-refractivity contribution in [1.82, 2.24) is 0 Å². The lowest BCUT2D eigenvalue weighted by molar-refractivity contribution is 0.418. The van der Waals surface area contributed by atoms with Crippen molar-refractivity contribution in [2.45, 2.75) is 9.79 Å². The molecule has 17 rings (SSSR count). The zero-order valence-corrected chi connectivity index (χ0v) is 45.2. The molecule has 11 heteroatoms. The molecule has 0 N–H and O–H groups in total. The second-order valence-electron chi connectivity index (χ2n) is 21.1. The van der Waals surface area contributed by atoms with Crippen LogP contribution in [0.15, 0.2) is 283 Å². The predicted octanol–water partition coefficient (Wildman–Crippen LogP) is 15.8. The summed E-state index contributed by atoms with van der Waals surface area (Å²) in [7, 11) is 0. The number of para-hydroxylation sites is 11. The topological polar surface area (TPSA) is 55.9 Å². The second-order valence-corrected chi connectivity index (χ2v) is 22.2. The average Bonchev–Trinajstić information content (AvgIpc) is 3.63. The Bertz CT molecular complexity index is 4570. The van der Waals surface area contributed by atoms with E-state index in [1.54, 1.807) is 11.8 Å². The molecule has 0 saturated heterocycles. The molecule has 12 aromatic carbocycles. The van der Waals surface area contributed by atoms with Crippen LogP contribution in [0.3, 0.4) is 0 Å². The molecule has 5 aliphatic heterocycles. The minimum absolute atomic E-state index is 0.125. The van der Waals surface area contributed by atoms with Crippen LogP contribution in [-0.2, 0) is 0 Å². The first-order chi connectivity index (χ1) is 41.1. The molecule has 0 saturated carbocycles. The van der Waals surface area contributed by atoms with Crippen molar-refractivity contribution in [3.63, 3.8) is 0 Å². The fourth-order valence-corrected chi connectivity index (χ4v) is 14.1. The Labute approximate surface area is 485 Å². The Morgan fingerprint density at radius 3 is 1.34 bits per heavy atom. The molecule has 0 unspecified atom stereocenters. The van der Waals surface area contributed by atoms with Gasteiger partial charge in [-0.25, -0.2) is 0 Å². The number of nitrogens with zero attached hydrogens (tertiary/aromatic N) is 3. The van der Waals surface area contributed by atoms with Crippen molar-refractivity contribution in [3.8, 4) is 57.5 Å². The van der Waals surface area contributed by atoms with E-state index in [4.69, 9.17) is 23.7 Å². The summed E-state index contributed by atoms with van der Waals surface area (Å²) >= 11 is 1.80. The molecule has 0 atom stereocenters. The Morgan fingerprint density at radius 2 is 0.735 bits per heavy atom. The van der Waals surface area contributed by atoms with E-state index in [2.05, 4.69) is 172 Å². The molecule has 12 aromatic rings. The van der Waals surface area contributed by atoms with Crippen LogP contribution in [-0.4, -0.2) is 13.4 Å². The molecule has 0 aliphatic carbocycles. The highest BCUT2D eigenvalue weighted by atomic mass is 32.2. The molecule has 0 aromatic heterocycles. The molecular formula is C72H45B2N3O5S. The minimum atomic E-state index is -0.226. The van der Waals surface area contributed by atoms with Gasteiger partial charge < -0.3 is 38.4 Å². The van der Waals surface area contributed by atoms with Gasteiger partial charge in [0.1, 0.15) is 23.0 Å². The maximum absolute atomic E-state index is 7.17. The van der Waals surface area contributed by atoms with Crippen molar-refractivity contribution >= 4 is 109 Å². The highest BCUT2D eigenvalue weighted by Gasteiger charge is 2.49. The van der Waals surface area contributed by atoms with Crippen molar-refractivity contribution in [3.05, 3.63) is 273 Å². The van der Waals surface area contributed by atoms with Gasteiger partial charge in [0.25, 0.3) is 6.71 Å². The first kappa shape index (κ1) is 47.3. The summed E-state index contributed by atoms with van der Waals surface area (Å²) < 4.78 is 34.1. The first-order valence-electron chi connectivity index (χ1n) is 27.9. The Morgan fingerprint density at radius 1 is 0.289 bits per heavy atom. The van der Waals surface area contributed by atoms with Crippen LogP contribution in [0.5, 0.6) is 57.5 Å². The third kappa shape index (κ3) is 7.73. The lowest BCUT2D eigenvalue weighted by Crippen LogP contribution is -2.64. The van der Waals surface area contributed by atoms with E-state index in [0.717, 1.165) is 84.5 Å². The molecule has 0 amide bonds. The fourth-order valence-electron chi connectivity index (χ4n) is 12.9. The number of ether oxygens (including phenoxy) is 5. The van der Waals surface area contributed by atoms with Crippen molar-refractivity contribution in [1.29, 1.82) is 0 Å². The van der Waals surface area contributed by atoms with Gasteiger partial charge in [-0.3, -0.25) is 0 Å². The quantitative estimate of drug-likeness (QED) is 0.125. The van der Waals surface area contributed by atoms with Crippen molar-refractivity contribution in [2.24, 2.45) is 0 Å². The van der Waals surface area contributed by atoms with E-state index in [9.17, 15) is 0 Å². The lowest BCUT2D eigenvalue weighted by atomic mass is 9.30. The van der Waals surface area contributed by atoms with Gasteiger partial charge in [0.05, 0.1) is 11.4 Å². The molecule has 0 radical (unpaired) electrons. The lowest BCUT2D eigenvalue weighted by Gasteiger charge is -2.47. The maximum atomic E-state index is 7.17. The molecule has 83 heavy (non-hydrogen) atoms. The first-order valence-corrected chi connectivity index (χ1v) is 28.7. The fraction of sp³-hybridized carbons (Fsp3) is 0. The number of fused-ring (bicyclic) bond motifs is 10. The molecule has 0 bridgehead atoms. The number of benzene rings is 12. The van der Waals surface area contributed by atoms with Gasteiger partial charge in [0.15, 0.2) is 34.5 Å². The Hall–Kier alpha value is -10.5. The zero-order valence-electron chi connectivity index (χ0n) is 44.4. The average molecular weight is 1090 g/mol. The van der Waals surface area contributed by atoms with Gasteiger partial charge >= 0.3 is 0 Å². The molecule has 8 nitrogen and oxygen atoms in total. The van der Waals surface area contributed by atoms with Gasteiger partial charge in [-0.2, -0.15) is 0 Å². The zero-order chi connectivity index (χ0) is 54.5. The van der Waals surface area contributed by atoms with Crippen LogP contribution in [0.4, 0.5) is 51.2 Å². The van der Waals surface area contributed by atoms with Gasteiger partial charge in [0.2, 0.25) is 6.71 Å². The van der Waals surface area contributed by atoms with Gasteiger partial charge in [-0.1, -0.05) is 163 Å². The minimum Gasteiger partial charge on any atom is -0.453 e. The van der Waals surface area contributed by atoms with Crippen LogP contribution in [0, 0.1) is 0 Å². The van der Waals surface area contributed by atoms with Crippen molar-refractivity contribution < 1.29 is 23.7 Å². The Kier molecular flexibility index (Phi) is 10.9. The van der Waals surface area contributed by atoms with Gasteiger partial charge in [-0.15, -0.1) is 0 Å². The van der Waals surface area contributed by atoms with E-state index in [1.165, 1.54) is 32.2 Å². The second kappa shape index (κ2) is 19.1. The van der Waals surface area contributed by atoms with Crippen LogP contribution in [0.25, 0.3) is 0 Å². The number of anilines is 9. The number of rotatable bonds is 10. The molecule has 0 fully saturated rings. The summed E-state index contributed by atoms with van der Waals surface area (Å²) in [5, 5.41) is 0. The van der Waals surface area contributed by atoms with E-state index >= 15 is 0 Å². The summed E-state index contributed by atoms with van der Waals surface area (Å²) in [5.41, 5.74) is 16.4. The van der Waals surface area contributed by atoms with E-state index in [0.29, 0.717) is 34.5 Å². The van der Waals surface area contributed by atoms with Crippen LogP contribution < -0.4 is 71.2 Å². The van der Waals surface area contributed by atoms with Gasteiger partial charge in [0, 0.05) is 67.8 Å². The molecule has 390 valence electrons. The summed E-state index contributed by atoms with van der Waals surface area (Å²) in [6.07, 6.45) is 0. The van der Waals surface area contributed by atoms with Crippen LogP contribution in [0.2, 0.25) is 0 Å². The third-order valence-electron chi connectivity index (χ3n) is 16.2. The SMILES string of the molecule is c1ccc(Oc2ccccc2Oc2cc3c4c(c2)N(c2ccccc2)c2cc5c(cc2B4c2ccccc2S3)B2c3cccc4c3N(c3ccccc3O4)c3cc(Oc4ccccc4Oc4ccccc4)cc(c32)N5c2ccccc2)cc1. The van der Waals surface area contributed by atoms with E-state index < -0.39 is 0 Å². The highest BCUT2D eigenvalue weighted by molar-refractivity contribution is 8.00. The molecular weight excluding hydrogens is 1040 g/mol. The van der Waals surface area contributed by atoms with E-state index in [1.807, 2.05) is 115 Å². The van der Waals surface area contributed by atoms with E-state index in [-0.39, 0.29) is 13.4 Å². The van der Waals surface area contributed by atoms with Crippen LogP contribution in [0.1, 0.15) is 0 Å². The summed E-state index contributed by atoms with van der Waals surface area (Å²) in [4.78, 5) is 9.63. The summed E-state index contributed by atoms with van der Waals surface area (Å²) in [6.45, 7) is -0.350. The third-order valence-corrected chi connectivity index (χ3v) is 17.4. The molecule has 0 spiro atoms. The predicted molar refractivity (Wildman–Crippen MR) is 337 cm³/mol. The monoisotopic (exact) mass is 1090 g/mol. The normalized spacial score (nSPS) is 13.2. The largest absolute Gasteiger partial charge is 0.453 e. The summed E-state index contributed by atoms with van der Waals surface area (Å²) in [5.74, 6) is 6.83. The standard InChI is InChI=1S/C72H45B2N3O5S/c1-5-22-46(23-6-1)75-58-45-57-54(73-52-30-13-20-39-68(52)83-69-43-51(42-61(71(69)73)76(57)47-24-7-2-8-25-47)81-66-37-19-17-35-64(66)79-49-28-11-4-12-29-49)44-55(58)74-53-31-21-38-67-72(53)77(56-32-14-15-33-62(56)82-67)60-41-50(40-59(75)70(60)74)80-65-36-18-16-34-63(65)78-48-26-9-3-10-27-48/h1-45H. The van der Waals surface area contributed by atoms with Crippen molar-refractivity contribution in [2.75, 3.05) is 14.7 Å². The molecule has 5 aliphatic rings. The van der Waals surface area contributed by atoms with Gasteiger partial charge in [-0.05, 0) is 137 Å². The smallest absolute Gasteiger partial charge is 0.252 e. The Balaban J connectivity index is 0.912. The number of hydrogen-bond acceptors (Lipinski definition) is 9.